The summed E-state index contributed by atoms with van der Waals surface area (Å²) >= 11 is 0. The van der Waals surface area contributed by atoms with Gasteiger partial charge >= 0.3 is 6.18 Å². The molecule has 0 saturated carbocycles. The molecule has 2 aromatic carbocycles. The highest BCUT2D eigenvalue weighted by molar-refractivity contribution is 6.08. The van der Waals surface area contributed by atoms with E-state index in [2.05, 4.69) is 30.9 Å². The number of carbonyl (C=O) groups is 1. The SMILES string of the molecule is Cc1[nH]nc2ccc(NC(=O)c3cc4n[nH]nc4cc3C(F)(F)F)cc12. The van der Waals surface area contributed by atoms with Crippen LogP contribution in [0.4, 0.5) is 18.9 Å². The molecule has 26 heavy (non-hydrogen) atoms. The molecule has 3 N–H and O–H groups in total. The van der Waals surface area contributed by atoms with E-state index in [0.717, 1.165) is 23.2 Å². The van der Waals surface area contributed by atoms with Gasteiger partial charge in [-0.1, -0.05) is 0 Å². The monoisotopic (exact) mass is 360 g/mol. The first-order chi connectivity index (χ1) is 12.3. The Labute approximate surface area is 143 Å². The molecule has 4 rings (SSSR count). The Hall–Kier alpha value is -3.43. The first-order valence-corrected chi connectivity index (χ1v) is 7.51. The quantitative estimate of drug-likeness (QED) is 0.510. The molecule has 0 saturated heterocycles. The molecule has 0 aliphatic heterocycles. The molecule has 0 atom stereocenters. The van der Waals surface area contributed by atoms with E-state index in [1.165, 1.54) is 0 Å². The highest BCUT2D eigenvalue weighted by Gasteiger charge is 2.36. The molecule has 2 heterocycles. The minimum Gasteiger partial charge on any atom is -0.322 e. The van der Waals surface area contributed by atoms with Gasteiger partial charge in [0.15, 0.2) is 0 Å². The van der Waals surface area contributed by atoms with Gasteiger partial charge < -0.3 is 5.32 Å². The lowest BCUT2D eigenvalue weighted by Gasteiger charge is -2.13. The molecule has 132 valence electrons. The van der Waals surface area contributed by atoms with Gasteiger partial charge in [0, 0.05) is 16.8 Å². The van der Waals surface area contributed by atoms with Gasteiger partial charge in [0.1, 0.15) is 11.0 Å². The van der Waals surface area contributed by atoms with Crippen LogP contribution >= 0.6 is 0 Å². The van der Waals surface area contributed by atoms with E-state index in [9.17, 15) is 18.0 Å². The number of hydrogen-bond acceptors (Lipinski definition) is 4. The second kappa shape index (κ2) is 5.55. The molecule has 0 unspecified atom stereocenters. The minimum atomic E-state index is -4.70. The first kappa shape index (κ1) is 16.1. The van der Waals surface area contributed by atoms with Crippen molar-refractivity contribution in [3.8, 4) is 0 Å². The third-order valence-corrected chi connectivity index (χ3v) is 4.01. The number of benzene rings is 2. The number of aromatic nitrogens is 5. The number of H-pyrrole nitrogens is 2. The summed E-state index contributed by atoms with van der Waals surface area (Å²) in [6, 6.07) is 6.76. The predicted octanol–water partition coefficient (Wildman–Crippen LogP) is 3.41. The number of nitrogens with one attached hydrogen (secondary N) is 3. The van der Waals surface area contributed by atoms with Gasteiger partial charge in [0.2, 0.25) is 0 Å². The van der Waals surface area contributed by atoms with Crippen LogP contribution in [-0.2, 0) is 6.18 Å². The van der Waals surface area contributed by atoms with Crippen LogP contribution in [0.15, 0.2) is 30.3 Å². The smallest absolute Gasteiger partial charge is 0.322 e. The van der Waals surface area contributed by atoms with Crippen LogP contribution < -0.4 is 5.32 Å². The molecule has 0 aliphatic rings. The second-order valence-corrected chi connectivity index (χ2v) is 5.74. The Morgan fingerprint density at radius 1 is 1.04 bits per heavy atom. The lowest BCUT2D eigenvalue weighted by molar-refractivity contribution is -0.137. The van der Waals surface area contributed by atoms with Crippen LogP contribution in [0.25, 0.3) is 21.9 Å². The van der Waals surface area contributed by atoms with Crippen LogP contribution in [0, 0.1) is 6.92 Å². The summed E-state index contributed by atoms with van der Waals surface area (Å²) in [4.78, 5) is 12.5. The van der Waals surface area contributed by atoms with E-state index in [-0.39, 0.29) is 11.0 Å². The van der Waals surface area contributed by atoms with Gasteiger partial charge in [0.25, 0.3) is 5.91 Å². The average Bonchev–Trinajstić information content (AvgIpc) is 3.19. The second-order valence-electron chi connectivity index (χ2n) is 5.74. The molecule has 0 fully saturated rings. The summed E-state index contributed by atoms with van der Waals surface area (Å²) in [5.74, 6) is -0.886. The summed E-state index contributed by atoms with van der Waals surface area (Å²) in [5.41, 5.74) is 0.449. The molecule has 2 aromatic heterocycles. The van der Waals surface area contributed by atoms with Gasteiger partial charge in [-0.25, -0.2) is 0 Å². The van der Waals surface area contributed by atoms with Gasteiger partial charge in [-0.15, -0.1) is 0 Å². The Morgan fingerprint density at radius 2 is 1.77 bits per heavy atom. The van der Waals surface area contributed by atoms with E-state index in [1.54, 1.807) is 25.1 Å². The summed E-state index contributed by atoms with van der Waals surface area (Å²) in [5, 5.41) is 19.8. The third-order valence-electron chi connectivity index (χ3n) is 4.01. The Balaban J connectivity index is 1.75. The predicted molar refractivity (Wildman–Crippen MR) is 87.7 cm³/mol. The molecule has 0 aliphatic carbocycles. The molecule has 4 aromatic rings. The number of fused-ring (bicyclic) bond motifs is 2. The lowest BCUT2D eigenvalue weighted by Crippen LogP contribution is -2.18. The van der Waals surface area contributed by atoms with E-state index in [1.807, 2.05) is 0 Å². The number of carbonyl (C=O) groups excluding carboxylic acids is 1. The topological polar surface area (TPSA) is 99.4 Å². The zero-order valence-corrected chi connectivity index (χ0v) is 13.3. The van der Waals surface area contributed by atoms with E-state index < -0.39 is 23.2 Å². The number of halogens is 3. The fourth-order valence-electron chi connectivity index (χ4n) is 2.73. The fourth-order valence-corrected chi connectivity index (χ4v) is 2.73. The van der Waals surface area contributed by atoms with Crippen LogP contribution in [0.1, 0.15) is 21.6 Å². The van der Waals surface area contributed by atoms with Crippen molar-refractivity contribution in [1.82, 2.24) is 25.6 Å². The third kappa shape index (κ3) is 2.65. The van der Waals surface area contributed by atoms with Crippen molar-refractivity contribution in [2.75, 3.05) is 5.32 Å². The van der Waals surface area contributed by atoms with Crippen molar-refractivity contribution >= 4 is 33.5 Å². The van der Waals surface area contributed by atoms with Crippen molar-refractivity contribution in [2.45, 2.75) is 13.1 Å². The highest BCUT2D eigenvalue weighted by Crippen LogP contribution is 2.34. The number of nitrogens with zero attached hydrogens (tertiary/aromatic N) is 3. The summed E-state index contributed by atoms with van der Waals surface area (Å²) in [6.07, 6.45) is -4.70. The van der Waals surface area contributed by atoms with Gasteiger partial charge in [0.05, 0.1) is 16.6 Å². The molecular formula is C16H11F3N6O. The zero-order chi connectivity index (χ0) is 18.5. The molecule has 1 amide bonds. The zero-order valence-electron chi connectivity index (χ0n) is 13.3. The lowest BCUT2D eigenvalue weighted by atomic mass is 10.0. The van der Waals surface area contributed by atoms with Gasteiger partial charge in [-0.05, 0) is 37.3 Å². The van der Waals surface area contributed by atoms with Gasteiger partial charge in [-0.3, -0.25) is 9.89 Å². The van der Waals surface area contributed by atoms with Crippen molar-refractivity contribution in [3.05, 3.63) is 47.2 Å². The Bertz CT molecular complexity index is 1140. The molecule has 7 nitrogen and oxygen atoms in total. The first-order valence-electron chi connectivity index (χ1n) is 7.51. The molecule has 0 radical (unpaired) electrons. The van der Waals surface area contributed by atoms with Crippen molar-refractivity contribution in [2.24, 2.45) is 0 Å². The van der Waals surface area contributed by atoms with Crippen molar-refractivity contribution in [1.29, 1.82) is 0 Å². The summed E-state index contributed by atoms with van der Waals surface area (Å²) < 4.78 is 40.1. The standard InChI is InChI=1S/C16H11F3N6O/c1-7-9-4-8(2-3-12(9)22-21-7)20-15(26)10-5-13-14(24-25-23-13)6-11(10)16(17,18)19/h2-6H,1H3,(H,20,26)(H,21,22)(H,23,24,25). The molecule has 10 heteroatoms. The van der Waals surface area contributed by atoms with E-state index in [0.29, 0.717) is 11.2 Å². The number of aryl methyl sites for hydroxylation is 1. The molecular weight excluding hydrogens is 349 g/mol. The summed E-state index contributed by atoms with van der Waals surface area (Å²) in [7, 11) is 0. The number of aromatic amines is 2. The largest absolute Gasteiger partial charge is 0.417 e. The highest BCUT2D eigenvalue weighted by atomic mass is 19.4. The van der Waals surface area contributed by atoms with Crippen molar-refractivity contribution < 1.29 is 18.0 Å². The number of anilines is 1. The van der Waals surface area contributed by atoms with Crippen LogP contribution in [0.3, 0.4) is 0 Å². The van der Waals surface area contributed by atoms with Crippen LogP contribution in [-0.4, -0.2) is 31.5 Å². The number of amides is 1. The Morgan fingerprint density at radius 3 is 2.50 bits per heavy atom. The average molecular weight is 360 g/mol. The fraction of sp³-hybridized carbons (Fsp3) is 0.125. The number of alkyl halides is 3. The maximum atomic E-state index is 13.4. The molecule has 0 bridgehead atoms. The number of rotatable bonds is 2. The summed E-state index contributed by atoms with van der Waals surface area (Å²) in [6.45, 7) is 1.81. The maximum absolute atomic E-state index is 13.4. The Kier molecular flexibility index (Phi) is 3.43. The maximum Gasteiger partial charge on any atom is 0.417 e. The van der Waals surface area contributed by atoms with Crippen LogP contribution in [0.2, 0.25) is 0 Å². The van der Waals surface area contributed by atoms with E-state index in [4.69, 9.17) is 0 Å². The van der Waals surface area contributed by atoms with Gasteiger partial charge in [-0.2, -0.15) is 33.7 Å². The molecule has 0 spiro atoms. The normalized spacial score (nSPS) is 12.0. The van der Waals surface area contributed by atoms with E-state index >= 15 is 0 Å². The van der Waals surface area contributed by atoms with Crippen LogP contribution in [0.5, 0.6) is 0 Å². The minimum absolute atomic E-state index is 0.0318. The number of hydrogen-bond donors (Lipinski definition) is 3. The van der Waals surface area contributed by atoms with Crippen molar-refractivity contribution in [3.63, 3.8) is 0 Å².